The maximum absolute atomic E-state index is 13.5. The van der Waals surface area contributed by atoms with Gasteiger partial charge in [-0.2, -0.15) is 0 Å². The molecule has 0 spiro atoms. The summed E-state index contributed by atoms with van der Waals surface area (Å²) in [6.07, 6.45) is -0.0271. The van der Waals surface area contributed by atoms with E-state index in [-0.39, 0.29) is 26.7 Å². The lowest BCUT2D eigenvalue weighted by atomic mass is 10.2. The largest absolute Gasteiger partial charge is 0.491 e. The predicted octanol–water partition coefficient (Wildman–Crippen LogP) is 5.92. The summed E-state index contributed by atoms with van der Waals surface area (Å²) in [5, 5.41) is 3.19. The van der Waals surface area contributed by atoms with Crippen LogP contribution in [0.25, 0.3) is 0 Å². The molecule has 3 aromatic rings. The molecule has 174 valence electrons. The molecule has 33 heavy (non-hydrogen) atoms. The molecule has 0 aliphatic carbocycles. The van der Waals surface area contributed by atoms with Gasteiger partial charge in [-0.15, -0.1) is 0 Å². The lowest BCUT2D eigenvalue weighted by Crippen LogP contribution is -2.38. The van der Waals surface area contributed by atoms with Gasteiger partial charge in [0, 0.05) is 11.8 Å². The fourth-order valence-electron chi connectivity index (χ4n) is 3.04. The van der Waals surface area contributed by atoms with Crippen molar-refractivity contribution in [3.63, 3.8) is 0 Å². The first-order valence-corrected chi connectivity index (χ1v) is 12.4. The van der Waals surface area contributed by atoms with Crippen molar-refractivity contribution in [3.8, 4) is 5.75 Å². The lowest BCUT2D eigenvalue weighted by Gasteiger charge is -2.24. The van der Waals surface area contributed by atoms with E-state index in [1.165, 1.54) is 30.3 Å². The zero-order valence-corrected chi connectivity index (χ0v) is 20.7. The highest BCUT2D eigenvalue weighted by Crippen LogP contribution is 2.30. The standard InChI is InChI=1S/C24H24Cl2N2O4S/c1-16(2)32-20-6-4-5-18(13-20)27-24(29)15-28(19-9-12-22(25)23(26)14-19)33(30,31)21-10-7-17(3)8-11-21/h4-14,16H,15H2,1-3H3,(H,27,29). The van der Waals surface area contributed by atoms with Crippen LogP contribution in [-0.2, 0) is 14.8 Å². The van der Waals surface area contributed by atoms with E-state index in [2.05, 4.69) is 5.32 Å². The summed E-state index contributed by atoms with van der Waals surface area (Å²) in [5.74, 6) is 0.0647. The minimum absolute atomic E-state index is 0.0271. The highest BCUT2D eigenvalue weighted by Gasteiger charge is 2.27. The number of nitrogens with zero attached hydrogens (tertiary/aromatic N) is 1. The van der Waals surface area contributed by atoms with Crippen LogP contribution in [0, 0.1) is 6.92 Å². The number of nitrogens with one attached hydrogen (secondary N) is 1. The van der Waals surface area contributed by atoms with Gasteiger partial charge in [0.15, 0.2) is 0 Å². The van der Waals surface area contributed by atoms with Gasteiger partial charge < -0.3 is 10.1 Å². The van der Waals surface area contributed by atoms with Gasteiger partial charge in [-0.05, 0) is 63.2 Å². The molecule has 0 aliphatic heterocycles. The molecular weight excluding hydrogens is 483 g/mol. The molecule has 9 heteroatoms. The maximum atomic E-state index is 13.5. The van der Waals surface area contributed by atoms with Crippen LogP contribution in [0.15, 0.2) is 71.6 Å². The number of benzene rings is 3. The SMILES string of the molecule is Cc1ccc(S(=O)(=O)N(CC(=O)Nc2cccc(OC(C)C)c2)c2ccc(Cl)c(Cl)c2)cc1. The Morgan fingerprint density at radius 3 is 2.33 bits per heavy atom. The van der Waals surface area contributed by atoms with Gasteiger partial charge in [-0.1, -0.05) is 47.0 Å². The van der Waals surface area contributed by atoms with Crippen molar-refractivity contribution in [3.05, 3.63) is 82.3 Å². The highest BCUT2D eigenvalue weighted by atomic mass is 35.5. The van der Waals surface area contributed by atoms with Crippen LogP contribution < -0.4 is 14.4 Å². The molecule has 3 rings (SSSR count). The Morgan fingerprint density at radius 1 is 1.00 bits per heavy atom. The van der Waals surface area contributed by atoms with Gasteiger partial charge in [-0.25, -0.2) is 8.42 Å². The minimum atomic E-state index is -4.07. The number of rotatable bonds is 8. The first kappa shape index (κ1) is 24.9. The fraction of sp³-hybridized carbons (Fsp3) is 0.208. The third-order valence-corrected chi connectivity index (χ3v) is 7.10. The Hall–Kier alpha value is -2.74. The summed E-state index contributed by atoms with van der Waals surface area (Å²) >= 11 is 12.1. The number of ether oxygens (including phenoxy) is 1. The Labute approximate surface area is 204 Å². The lowest BCUT2D eigenvalue weighted by molar-refractivity contribution is -0.114. The molecule has 0 fully saturated rings. The zero-order chi connectivity index (χ0) is 24.2. The molecule has 3 aromatic carbocycles. The van der Waals surface area contributed by atoms with Crippen LogP contribution in [0.5, 0.6) is 5.75 Å². The molecule has 0 radical (unpaired) electrons. The number of amides is 1. The fourth-order valence-corrected chi connectivity index (χ4v) is 4.75. The molecule has 0 atom stereocenters. The van der Waals surface area contributed by atoms with Crippen LogP contribution in [0.3, 0.4) is 0 Å². The number of sulfonamides is 1. The van der Waals surface area contributed by atoms with Crippen molar-refractivity contribution >= 4 is 50.5 Å². The Morgan fingerprint density at radius 2 is 1.70 bits per heavy atom. The van der Waals surface area contributed by atoms with E-state index in [0.717, 1.165) is 9.87 Å². The first-order chi connectivity index (χ1) is 15.6. The van der Waals surface area contributed by atoms with Gasteiger partial charge >= 0.3 is 0 Å². The number of carbonyl (C=O) groups is 1. The molecule has 0 heterocycles. The van der Waals surface area contributed by atoms with Crippen molar-refractivity contribution in [1.82, 2.24) is 0 Å². The summed E-state index contributed by atoms with van der Waals surface area (Å²) in [6, 6.07) is 17.7. The number of anilines is 2. The summed E-state index contributed by atoms with van der Waals surface area (Å²) in [6.45, 7) is 5.19. The van der Waals surface area contributed by atoms with E-state index in [9.17, 15) is 13.2 Å². The number of halogens is 2. The second kappa shape index (κ2) is 10.5. The summed E-state index contributed by atoms with van der Waals surface area (Å²) in [4.78, 5) is 13.0. The first-order valence-electron chi connectivity index (χ1n) is 10.2. The van der Waals surface area contributed by atoms with Gasteiger partial charge in [0.2, 0.25) is 5.91 Å². The van der Waals surface area contributed by atoms with Crippen molar-refractivity contribution in [2.45, 2.75) is 31.8 Å². The number of hydrogen-bond donors (Lipinski definition) is 1. The monoisotopic (exact) mass is 506 g/mol. The van der Waals surface area contributed by atoms with E-state index in [1.54, 1.807) is 36.4 Å². The van der Waals surface area contributed by atoms with Crippen molar-refractivity contribution in [2.75, 3.05) is 16.2 Å². The van der Waals surface area contributed by atoms with Crippen LogP contribution in [0.1, 0.15) is 19.4 Å². The molecule has 6 nitrogen and oxygen atoms in total. The Kier molecular flexibility index (Phi) is 7.89. The third kappa shape index (κ3) is 6.41. The van der Waals surface area contributed by atoms with E-state index in [0.29, 0.717) is 11.4 Å². The van der Waals surface area contributed by atoms with Gasteiger partial charge in [0.1, 0.15) is 12.3 Å². The molecule has 0 aromatic heterocycles. The molecule has 0 saturated heterocycles. The van der Waals surface area contributed by atoms with Crippen LogP contribution in [0.2, 0.25) is 10.0 Å². The van der Waals surface area contributed by atoms with E-state index < -0.39 is 22.5 Å². The van der Waals surface area contributed by atoms with E-state index >= 15 is 0 Å². The van der Waals surface area contributed by atoms with Gasteiger partial charge in [-0.3, -0.25) is 9.10 Å². The normalized spacial score (nSPS) is 11.3. The number of aryl methyl sites for hydroxylation is 1. The molecular formula is C24H24Cl2N2O4S. The van der Waals surface area contributed by atoms with Crippen molar-refractivity contribution < 1.29 is 17.9 Å². The smallest absolute Gasteiger partial charge is 0.264 e. The van der Waals surface area contributed by atoms with E-state index in [1.807, 2.05) is 20.8 Å². The topological polar surface area (TPSA) is 75.7 Å². The van der Waals surface area contributed by atoms with Gasteiger partial charge in [0.25, 0.3) is 10.0 Å². The second-order valence-corrected chi connectivity index (χ2v) is 10.3. The summed E-state index contributed by atoms with van der Waals surface area (Å²) in [5.41, 5.74) is 1.62. The van der Waals surface area contributed by atoms with Crippen LogP contribution in [0.4, 0.5) is 11.4 Å². The Balaban J connectivity index is 1.92. The quantitative estimate of drug-likeness (QED) is 0.411. The molecule has 0 aliphatic rings. The van der Waals surface area contributed by atoms with Crippen LogP contribution in [-0.4, -0.2) is 27.0 Å². The number of carbonyl (C=O) groups excluding carboxylic acids is 1. The molecule has 1 N–H and O–H groups in total. The second-order valence-electron chi connectivity index (χ2n) is 7.67. The molecule has 0 bridgehead atoms. The van der Waals surface area contributed by atoms with Gasteiger partial charge in [0.05, 0.1) is 26.7 Å². The average molecular weight is 507 g/mol. The predicted molar refractivity (Wildman–Crippen MR) is 133 cm³/mol. The maximum Gasteiger partial charge on any atom is 0.264 e. The summed E-state index contributed by atoms with van der Waals surface area (Å²) in [7, 11) is -4.07. The molecule has 1 amide bonds. The van der Waals surface area contributed by atoms with Crippen molar-refractivity contribution in [1.29, 1.82) is 0 Å². The van der Waals surface area contributed by atoms with Crippen molar-refractivity contribution in [2.24, 2.45) is 0 Å². The Bertz CT molecular complexity index is 1250. The third-order valence-electron chi connectivity index (χ3n) is 4.58. The average Bonchev–Trinajstić information content (AvgIpc) is 2.74. The van der Waals surface area contributed by atoms with Crippen LogP contribution >= 0.6 is 23.2 Å². The zero-order valence-electron chi connectivity index (χ0n) is 18.4. The minimum Gasteiger partial charge on any atom is -0.491 e. The summed E-state index contributed by atoms with van der Waals surface area (Å²) < 4.78 is 33.6. The molecule has 0 saturated carbocycles. The molecule has 0 unspecified atom stereocenters. The van der Waals surface area contributed by atoms with E-state index in [4.69, 9.17) is 27.9 Å². The number of hydrogen-bond acceptors (Lipinski definition) is 4. The highest BCUT2D eigenvalue weighted by molar-refractivity contribution is 7.92.